The smallest absolute Gasteiger partial charge is 1.00 e. The number of benzene rings is 3. The summed E-state index contributed by atoms with van der Waals surface area (Å²) in [5.74, 6) is 0.539. The molecule has 0 fully saturated rings. The first kappa shape index (κ1) is 35.9. The molecule has 228 valence electrons. The summed E-state index contributed by atoms with van der Waals surface area (Å²) in [6, 6.07) is 23.6. The van der Waals surface area contributed by atoms with Crippen LogP contribution in [0.1, 0.15) is 110 Å². The van der Waals surface area contributed by atoms with Crippen LogP contribution < -0.4 is 28.1 Å². The summed E-state index contributed by atoms with van der Waals surface area (Å²) in [6.45, 7) is 26.3. The molecule has 0 aromatic heterocycles. The molecule has 0 heterocycles. The predicted octanol–water partition coefficient (Wildman–Crippen LogP) is 4.24. The van der Waals surface area contributed by atoms with E-state index in [1.807, 2.05) is 0 Å². The summed E-state index contributed by atoms with van der Waals surface area (Å²) in [5.41, 5.74) is 12.5. The maximum absolute atomic E-state index is 2.67. The number of hydrogen-bond donors (Lipinski definition) is 0. The first-order valence-electron chi connectivity index (χ1n) is 15.6. The Balaban J connectivity index is 0.00000253. The van der Waals surface area contributed by atoms with Gasteiger partial charge in [-0.25, -0.2) is 0 Å². The Bertz CT molecular complexity index is 1580. The molecule has 1 atom stereocenters. The summed E-state index contributed by atoms with van der Waals surface area (Å²) in [4.78, 5) is 0. The van der Waals surface area contributed by atoms with Crippen LogP contribution in [0.3, 0.4) is 0 Å². The Hall–Kier alpha value is -1.53. The second-order valence-corrected chi connectivity index (χ2v) is 21.8. The third-order valence-corrected chi connectivity index (χ3v) is 17.1. The van der Waals surface area contributed by atoms with Crippen LogP contribution in [0.4, 0.5) is 0 Å². The maximum Gasteiger partial charge on any atom is -1.00 e. The maximum atomic E-state index is 2.67. The Morgan fingerprint density at radius 1 is 0.767 bits per heavy atom. The number of hydrogen-bond acceptors (Lipinski definition) is 0. The molecule has 0 spiro atoms. The minimum Gasteiger partial charge on any atom is -1.00 e. The van der Waals surface area contributed by atoms with Crippen LogP contribution in [0.5, 0.6) is 0 Å². The first-order chi connectivity index (χ1) is 19.1. The molecule has 43 heavy (non-hydrogen) atoms. The van der Waals surface area contributed by atoms with Gasteiger partial charge in [0.25, 0.3) is 0 Å². The van der Waals surface area contributed by atoms with Crippen molar-refractivity contribution >= 4 is 6.48 Å². The van der Waals surface area contributed by atoms with E-state index in [2.05, 4.69) is 149 Å². The Kier molecular flexibility index (Phi) is 10.9. The van der Waals surface area contributed by atoms with Gasteiger partial charge in [0, 0.05) is 0 Å². The van der Waals surface area contributed by atoms with E-state index in [0.29, 0.717) is 5.92 Å². The SMILES string of the molecule is CCC1C=C(C(C)(C)C)C=[C]1/[Zr+2](=[C](\C)c1ccccc1)[c]1c(C(C)(C)C)ccc2c1Cc1cc(C(C)(C)C)ccc1-2.[Cl-].[Cl-]. The summed E-state index contributed by atoms with van der Waals surface area (Å²) in [5, 5.41) is 0. The largest absolute Gasteiger partial charge is 1.00 e. The third-order valence-electron chi connectivity index (χ3n) is 9.27. The molecule has 3 heteroatoms. The summed E-state index contributed by atoms with van der Waals surface area (Å²) < 4.78 is 5.18. The molecule has 1 unspecified atom stereocenters. The van der Waals surface area contributed by atoms with Gasteiger partial charge in [-0.05, 0) is 0 Å². The summed E-state index contributed by atoms with van der Waals surface area (Å²) >= 11 is -2.63. The van der Waals surface area contributed by atoms with Gasteiger partial charge in [0.1, 0.15) is 0 Å². The minimum absolute atomic E-state index is 0. The van der Waals surface area contributed by atoms with E-state index in [0.717, 1.165) is 6.42 Å². The minimum atomic E-state index is -2.63. The van der Waals surface area contributed by atoms with Gasteiger partial charge in [0.05, 0.1) is 0 Å². The standard InChI is InChI=1S/C21H25.C11H17.C8H8.2ClH.Zr/c1-20(2,3)16-7-9-18-14(12-16)11-15-13-17(21(4,5)6)8-10-19(15)18;1-5-9-6-7-10(8-9)11(2,3)4;1-2-8-6-4-3-5-7-8;;;/h7-10,12H,11H2,1-6H3;7-9H,5H2,1-4H3;3-7H,1H3;2*1H;/q;;;;;+2/p-2. The fourth-order valence-corrected chi connectivity index (χ4v) is 16.0. The van der Waals surface area contributed by atoms with Crippen molar-refractivity contribution < 1.29 is 46.1 Å². The second-order valence-electron chi connectivity index (χ2n) is 15.4. The Labute approximate surface area is 282 Å². The zero-order valence-electron chi connectivity index (χ0n) is 28.2. The van der Waals surface area contributed by atoms with E-state index in [9.17, 15) is 0 Å². The number of allylic oxidation sites excluding steroid dienone is 4. The second kappa shape index (κ2) is 13.1. The van der Waals surface area contributed by atoms with Crippen molar-refractivity contribution in [3.8, 4) is 11.1 Å². The predicted molar refractivity (Wildman–Crippen MR) is 177 cm³/mol. The van der Waals surface area contributed by atoms with Gasteiger partial charge < -0.3 is 24.8 Å². The molecular formula is C40H50Cl2Zr. The quantitative estimate of drug-likeness (QED) is 0.301. The van der Waals surface area contributed by atoms with E-state index in [1.165, 1.54) is 39.8 Å². The van der Waals surface area contributed by atoms with Crippen LogP contribution in [0.15, 0.2) is 81.7 Å². The van der Waals surface area contributed by atoms with Crippen molar-refractivity contribution in [3.63, 3.8) is 0 Å². The molecule has 0 saturated heterocycles. The molecule has 0 N–H and O–H groups in total. The zero-order valence-corrected chi connectivity index (χ0v) is 32.1. The average molecular weight is 693 g/mol. The van der Waals surface area contributed by atoms with Crippen molar-refractivity contribution in [2.24, 2.45) is 11.3 Å². The molecular weight excluding hydrogens is 643 g/mol. The van der Waals surface area contributed by atoms with Crippen LogP contribution in [0.2, 0.25) is 0 Å². The monoisotopic (exact) mass is 690 g/mol. The van der Waals surface area contributed by atoms with E-state index in [1.54, 1.807) is 20.9 Å². The van der Waals surface area contributed by atoms with Crippen LogP contribution >= 0.6 is 0 Å². The zero-order chi connectivity index (χ0) is 29.9. The number of rotatable bonds is 4. The van der Waals surface area contributed by atoms with Gasteiger partial charge in [0.2, 0.25) is 0 Å². The molecule has 0 amide bonds. The molecule has 2 aliphatic carbocycles. The van der Waals surface area contributed by atoms with Crippen molar-refractivity contribution in [2.45, 2.75) is 99.8 Å². The van der Waals surface area contributed by atoms with Gasteiger partial charge in [0.15, 0.2) is 0 Å². The van der Waals surface area contributed by atoms with Crippen molar-refractivity contribution in [1.82, 2.24) is 0 Å². The van der Waals surface area contributed by atoms with Crippen molar-refractivity contribution in [3.05, 3.63) is 109 Å². The number of fused-ring (bicyclic) bond motifs is 3. The topological polar surface area (TPSA) is 0 Å². The summed E-state index contributed by atoms with van der Waals surface area (Å²) in [7, 11) is 0. The summed E-state index contributed by atoms with van der Waals surface area (Å²) in [6.07, 6.45) is 7.52. The molecule has 3 aromatic rings. The Morgan fingerprint density at radius 3 is 1.95 bits per heavy atom. The van der Waals surface area contributed by atoms with Gasteiger partial charge >= 0.3 is 260 Å². The van der Waals surface area contributed by atoms with Gasteiger partial charge in [-0.1, -0.05) is 0 Å². The third kappa shape index (κ3) is 7.01. The van der Waals surface area contributed by atoms with Gasteiger partial charge in [-0.15, -0.1) is 0 Å². The van der Waals surface area contributed by atoms with Crippen LogP contribution in [0.25, 0.3) is 11.1 Å². The first-order valence-corrected chi connectivity index (χ1v) is 19.3. The molecule has 3 aromatic carbocycles. The molecule has 5 rings (SSSR count). The fraction of sp³-hybridized carbons (Fsp3) is 0.425. The molecule has 0 radical (unpaired) electrons. The van der Waals surface area contributed by atoms with E-state index >= 15 is 0 Å². The van der Waals surface area contributed by atoms with E-state index in [4.69, 9.17) is 0 Å². The molecule has 0 bridgehead atoms. The number of halogens is 2. The molecule has 0 aliphatic heterocycles. The Morgan fingerprint density at radius 2 is 1.40 bits per heavy atom. The fourth-order valence-electron chi connectivity index (χ4n) is 6.73. The normalized spacial score (nSPS) is 16.3. The van der Waals surface area contributed by atoms with Gasteiger partial charge in [-0.2, -0.15) is 0 Å². The van der Waals surface area contributed by atoms with Crippen LogP contribution in [-0.2, 0) is 38.5 Å². The van der Waals surface area contributed by atoms with Crippen molar-refractivity contribution in [2.75, 3.05) is 0 Å². The molecule has 2 aliphatic rings. The van der Waals surface area contributed by atoms with Crippen molar-refractivity contribution in [1.29, 1.82) is 0 Å². The van der Waals surface area contributed by atoms with Crippen LogP contribution in [0, 0.1) is 11.3 Å². The van der Waals surface area contributed by atoms with Crippen LogP contribution in [-0.4, -0.2) is 3.21 Å². The average Bonchev–Trinajstić information content (AvgIpc) is 3.50. The molecule has 0 saturated carbocycles. The van der Waals surface area contributed by atoms with E-state index in [-0.39, 0.29) is 41.1 Å². The van der Waals surface area contributed by atoms with E-state index < -0.39 is 21.3 Å². The molecule has 0 nitrogen and oxygen atoms in total. The van der Waals surface area contributed by atoms with Gasteiger partial charge in [-0.3, -0.25) is 0 Å².